The summed E-state index contributed by atoms with van der Waals surface area (Å²) in [5.74, 6) is 0. The first-order chi connectivity index (χ1) is 10.0. The molecule has 0 radical (unpaired) electrons. The first kappa shape index (κ1) is 17.2. The van der Waals surface area contributed by atoms with Crippen molar-refractivity contribution in [3.8, 4) is 6.07 Å². The predicted molar refractivity (Wildman–Crippen MR) is 85.5 cm³/mol. The number of hydrogen-bond donors (Lipinski definition) is 3. The van der Waals surface area contributed by atoms with Crippen LogP contribution in [-0.2, 0) is 4.74 Å². The molecule has 0 saturated carbocycles. The summed E-state index contributed by atoms with van der Waals surface area (Å²) in [6.45, 7) is 4.08. The largest absolute Gasteiger partial charge is 0.362 e. The van der Waals surface area contributed by atoms with Crippen LogP contribution in [0.2, 0.25) is 0 Å². The van der Waals surface area contributed by atoms with Crippen LogP contribution in [0.3, 0.4) is 0 Å². The Bertz CT molecular complexity index is 521. The third-order valence-electron chi connectivity index (χ3n) is 3.34. The van der Waals surface area contributed by atoms with Crippen LogP contribution in [0.4, 0.5) is 5.69 Å². The second-order valence-electron chi connectivity index (χ2n) is 5.08. The number of unbranched alkanes of at least 4 members (excludes halogenated alkanes) is 1. The van der Waals surface area contributed by atoms with E-state index in [0.717, 1.165) is 30.5 Å². The molecule has 5 nitrogen and oxygen atoms in total. The Morgan fingerprint density at radius 1 is 1.52 bits per heavy atom. The molecule has 1 aromatic rings. The molecule has 0 heterocycles. The normalized spacial score (nSPS) is 13.3. The smallest absolute Gasteiger partial charge is 0.135 e. The highest BCUT2D eigenvalue weighted by Gasteiger charge is 2.17. The molecule has 1 aromatic carbocycles. The molecule has 0 aliphatic heterocycles. The van der Waals surface area contributed by atoms with Gasteiger partial charge in [-0.1, -0.05) is 25.0 Å². The molecule has 114 valence electrons. The molecule has 0 amide bonds. The van der Waals surface area contributed by atoms with Crippen molar-refractivity contribution in [1.82, 2.24) is 0 Å². The fraction of sp³-hybridized carbons (Fsp3) is 0.500. The van der Waals surface area contributed by atoms with E-state index in [0.29, 0.717) is 5.56 Å². The molecule has 21 heavy (non-hydrogen) atoms. The SMILES string of the molecule is CCCCC(Nc1ccc(C)cc1C(=N)C(N)C#N)OC. The molecular weight excluding hydrogens is 264 g/mol. The standard InChI is InChI=1S/C16H24N4O/c1-4-5-6-15(21-3)20-14-8-7-11(2)9-12(14)16(19)13(18)10-17/h7-9,13,15,19-20H,4-6,18H2,1-3H3. The minimum atomic E-state index is -0.927. The van der Waals surface area contributed by atoms with Crippen molar-refractivity contribution in [3.05, 3.63) is 29.3 Å². The lowest BCUT2D eigenvalue weighted by atomic mass is 10.00. The van der Waals surface area contributed by atoms with E-state index in [1.54, 1.807) is 7.11 Å². The first-order valence-corrected chi connectivity index (χ1v) is 7.17. The highest BCUT2D eigenvalue weighted by molar-refractivity contribution is 6.07. The maximum Gasteiger partial charge on any atom is 0.135 e. The number of hydrogen-bond acceptors (Lipinski definition) is 5. The Kier molecular flexibility index (Phi) is 6.86. The maximum absolute atomic E-state index is 8.91. The van der Waals surface area contributed by atoms with Crippen LogP contribution >= 0.6 is 0 Å². The summed E-state index contributed by atoms with van der Waals surface area (Å²) < 4.78 is 5.43. The van der Waals surface area contributed by atoms with Crippen molar-refractivity contribution in [2.24, 2.45) is 5.73 Å². The van der Waals surface area contributed by atoms with E-state index in [1.807, 2.05) is 31.2 Å². The van der Waals surface area contributed by atoms with Crippen molar-refractivity contribution < 1.29 is 4.74 Å². The average Bonchev–Trinajstić information content (AvgIpc) is 2.51. The van der Waals surface area contributed by atoms with Gasteiger partial charge in [-0.05, 0) is 31.9 Å². The fourth-order valence-corrected chi connectivity index (χ4v) is 2.05. The number of anilines is 1. The van der Waals surface area contributed by atoms with E-state index in [4.69, 9.17) is 21.1 Å². The lowest BCUT2D eigenvalue weighted by Gasteiger charge is -2.21. The van der Waals surface area contributed by atoms with Gasteiger partial charge in [-0.2, -0.15) is 5.26 Å². The number of rotatable bonds is 8. The first-order valence-electron chi connectivity index (χ1n) is 7.17. The predicted octanol–water partition coefficient (Wildman–Crippen LogP) is 2.79. The van der Waals surface area contributed by atoms with E-state index in [-0.39, 0.29) is 11.9 Å². The zero-order valence-corrected chi connectivity index (χ0v) is 12.9. The highest BCUT2D eigenvalue weighted by Crippen LogP contribution is 2.21. The Hall–Kier alpha value is -1.90. The molecule has 0 aliphatic rings. The van der Waals surface area contributed by atoms with Crippen molar-refractivity contribution in [2.75, 3.05) is 12.4 Å². The van der Waals surface area contributed by atoms with Crippen LogP contribution in [0.1, 0.15) is 37.3 Å². The van der Waals surface area contributed by atoms with Gasteiger partial charge in [0.05, 0.1) is 11.8 Å². The summed E-state index contributed by atoms with van der Waals surface area (Å²) in [6.07, 6.45) is 2.93. The van der Waals surface area contributed by atoms with Gasteiger partial charge in [-0.25, -0.2) is 0 Å². The lowest BCUT2D eigenvalue weighted by molar-refractivity contribution is 0.116. The molecule has 0 aromatic heterocycles. The summed E-state index contributed by atoms with van der Waals surface area (Å²) in [5, 5.41) is 20.3. The monoisotopic (exact) mass is 288 g/mol. The Morgan fingerprint density at radius 3 is 2.81 bits per heavy atom. The topological polar surface area (TPSA) is 94.9 Å². The van der Waals surface area contributed by atoms with Crippen LogP contribution in [0, 0.1) is 23.7 Å². The average molecular weight is 288 g/mol. The van der Waals surface area contributed by atoms with Crippen molar-refractivity contribution in [1.29, 1.82) is 10.7 Å². The molecule has 4 N–H and O–H groups in total. The maximum atomic E-state index is 8.91. The highest BCUT2D eigenvalue weighted by atomic mass is 16.5. The van der Waals surface area contributed by atoms with Crippen LogP contribution in [0.25, 0.3) is 0 Å². The Balaban J connectivity index is 3.01. The van der Waals surface area contributed by atoms with Crippen LogP contribution in [0.15, 0.2) is 18.2 Å². The minimum Gasteiger partial charge on any atom is -0.362 e. The van der Waals surface area contributed by atoms with Crippen LogP contribution in [-0.4, -0.2) is 25.1 Å². The lowest BCUT2D eigenvalue weighted by Crippen LogP contribution is -2.30. The number of benzene rings is 1. The number of aryl methyl sites for hydroxylation is 1. The van der Waals surface area contributed by atoms with E-state index in [2.05, 4.69) is 12.2 Å². The third-order valence-corrected chi connectivity index (χ3v) is 3.34. The number of nitrogens with one attached hydrogen (secondary N) is 2. The minimum absolute atomic E-state index is 0.113. The number of methoxy groups -OCH3 is 1. The molecule has 2 atom stereocenters. The second kappa shape index (κ2) is 8.40. The molecule has 0 saturated heterocycles. The van der Waals surface area contributed by atoms with Gasteiger partial charge in [-0.15, -0.1) is 0 Å². The van der Waals surface area contributed by atoms with E-state index >= 15 is 0 Å². The molecule has 0 spiro atoms. The summed E-state index contributed by atoms with van der Waals surface area (Å²) >= 11 is 0. The number of nitriles is 1. The quantitative estimate of drug-likeness (QED) is 0.506. The molecule has 1 rings (SSSR count). The second-order valence-corrected chi connectivity index (χ2v) is 5.08. The summed E-state index contributed by atoms with van der Waals surface area (Å²) in [6, 6.07) is 6.71. The molecular formula is C16H24N4O. The van der Waals surface area contributed by atoms with E-state index in [9.17, 15) is 0 Å². The van der Waals surface area contributed by atoms with Gasteiger partial charge < -0.3 is 21.2 Å². The van der Waals surface area contributed by atoms with Crippen molar-refractivity contribution in [2.45, 2.75) is 45.4 Å². The summed E-state index contributed by atoms with van der Waals surface area (Å²) in [5.41, 5.74) is 8.24. The Morgan fingerprint density at radius 2 is 2.24 bits per heavy atom. The van der Waals surface area contributed by atoms with Crippen molar-refractivity contribution in [3.63, 3.8) is 0 Å². The summed E-state index contributed by atoms with van der Waals surface area (Å²) in [4.78, 5) is 0. The zero-order chi connectivity index (χ0) is 15.8. The third kappa shape index (κ3) is 4.85. The molecule has 0 aliphatic carbocycles. The van der Waals surface area contributed by atoms with Crippen molar-refractivity contribution >= 4 is 11.4 Å². The van der Waals surface area contributed by atoms with E-state index in [1.165, 1.54) is 0 Å². The summed E-state index contributed by atoms with van der Waals surface area (Å²) in [7, 11) is 1.66. The van der Waals surface area contributed by atoms with Crippen LogP contribution in [0.5, 0.6) is 0 Å². The number of ether oxygens (including phenoxy) is 1. The van der Waals surface area contributed by atoms with Gasteiger partial charge in [0.15, 0.2) is 0 Å². The number of nitrogens with zero attached hydrogens (tertiary/aromatic N) is 1. The van der Waals surface area contributed by atoms with Gasteiger partial charge in [0.2, 0.25) is 0 Å². The molecule has 0 fully saturated rings. The van der Waals surface area contributed by atoms with Gasteiger partial charge in [-0.3, -0.25) is 0 Å². The van der Waals surface area contributed by atoms with Gasteiger partial charge in [0.1, 0.15) is 12.3 Å². The molecule has 2 unspecified atom stereocenters. The zero-order valence-electron chi connectivity index (χ0n) is 12.9. The van der Waals surface area contributed by atoms with E-state index < -0.39 is 6.04 Å². The molecule has 5 heteroatoms. The van der Waals surface area contributed by atoms with Gasteiger partial charge in [0, 0.05) is 18.4 Å². The fourth-order valence-electron chi connectivity index (χ4n) is 2.05. The van der Waals surface area contributed by atoms with Gasteiger partial charge in [0.25, 0.3) is 0 Å². The van der Waals surface area contributed by atoms with Crippen LogP contribution < -0.4 is 11.1 Å². The Labute approximate surface area is 126 Å². The molecule has 0 bridgehead atoms. The number of nitrogens with two attached hydrogens (primary N) is 1. The van der Waals surface area contributed by atoms with Gasteiger partial charge >= 0.3 is 0 Å².